The van der Waals surface area contributed by atoms with Crippen LogP contribution in [0.25, 0.3) is 0 Å². The third-order valence-corrected chi connectivity index (χ3v) is 4.64. The highest BCUT2D eigenvalue weighted by molar-refractivity contribution is 5.98. The Bertz CT molecular complexity index is 439. The second kappa shape index (κ2) is 6.36. The topological polar surface area (TPSA) is 17.1 Å². The molecule has 0 saturated heterocycles. The van der Waals surface area contributed by atoms with Gasteiger partial charge in [-0.15, -0.1) is 0 Å². The van der Waals surface area contributed by atoms with E-state index in [9.17, 15) is 4.79 Å². The molecule has 1 heteroatoms. The summed E-state index contributed by atoms with van der Waals surface area (Å²) in [5.41, 5.74) is 3.67. The highest BCUT2D eigenvalue weighted by atomic mass is 16.1. The van der Waals surface area contributed by atoms with E-state index >= 15 is 0 Å². The third kappa shape index (κ3) is 3.26. The molecule has 1 aliphatic rings. The Hall–Kier alpha value is -1.11. The summed E-state index contributed by atoms with van der Waals surface area (Å²) in [6.45, 7) is 6.65. The maximum absolute atomic E-state index is 12.6. The molecular formula is C18H26O. The summed E-state index contributed by atoms with van der Waals surface area (Å²) < 4.78 is 0. The molecule has 1 aromatic carbocycles. The van der Waals surface area contributed by atoms with Crippen molar-refractivity contribution in [3.05, 3.63) is 34.9 Å². The molecule has 1 aromatic rings. The Morgan fingerprint density at radius 3 is 2.26 bits per heavy atom. The lowest BCUT2D eigenvalue weighted by Gasteiger charge is -2.25. The van der Waals surface area contributed by atoms with Crippen molar-refractivity contribution in [2.24, 2.45) is 11.8 Å². The molecule has 104 valence electrons. The van der Waals surface area contributed by atoms with Gasteiger partial charge in [-0.2, -0.15) is 0 Å². The van der Waals surface area contributed by atoms with Crippen molar-refractivity contribution in [1.29, 1.82) is 0 Å². The summed E-state index contributed by atoms with van der Waals surface area (Å²) in [5.74, 6) is 1.45. The predicted molar refractivity (Wildman–Crippen MR) is 80.7 cm³/mol. The minimum atomic E-state index is 0.272. The number of benzene rings is 1. The Balaban J connectivity index is 2.15. The van der Waals surface area contributed by atoms with Gasteiger partial charge < -0.3 is 0 Å². The van der Waals surface area contributed by atoms with E-state index in [1.165, 1.54) is 24.0 Å². The molecule has 0 radical (unpaired) electrons. The van der Waals surface area contributed by atoms with Crippen molar-refractivity contribution in [3.8, 4) is 0 Å². The third-order valence-electron chi connectivity index (χ3n) is 4.64. The number of hydrogen-bond acceptors (Lipinski definition) is 1. The first-order valence-electron chi connectivity index (χ1n) is 7.81. The van der Waals surface area contributed by atoms with Crippen molar-refractivity contribution in [1.82, 2.24) is 0 Å². The van der Waals surface area contributed by atoms with Crippen LogP contribution in [0.5, 0.6) is 0 Å². The van der Waals surface area contributed by atoms with Crippen molar-refractivity contribution < 1.29 is 4.79 Å². The van der Waals surface area contributed by atoms with E-state index in [0.717, 1.165) is 37.2 Å². The van der Waals surface area contributed by atoms with Crippen LogP contribution < -0.4 is 0 Å². The van der Waals surface area contributed by atoms with Crippen molar-refractivity contribution in [2.75, 3.05) is 0 Å². The summed E-state index contributed by atoms with van der Waals surface area (Å²) in [6, 6.07) is 6.33. The number of ketones is 1. The first kappa shape index (κ1) is 14.3. The van der Waals surface area contributed by atoms with Crippen LogP contribution in [0, 0.1) is 11.8 Å². The lowest BCUT2D eigenvalue weighted by atomic mass is 9.79. The van der Waals surface area contributed by atoms with Gasteiger partial charge in [0.15, 0.2) is 5.78 Å². The van der Waals surface area contributed by atoms with Gasteiger partial charge in [0.05, 0.1) is 0 Å². The molecule has 0 amide bonds. The van der Waals surface area contributed by atoms with E-state index in [-0.39, 0.29) is 5.92 Å². The van der Waals surface area contributed by atoms with Gasteiger partial charge in [-0.25, -0.2) is 0 Å². The molecule has 0 bridgehead atoms. The SMILES string of the molecule is CCc1ccc(C(=O)C2CCC(C)CC2)cc1CC. The van der Waals surface area contributed by atoms with E-state index in [1.54, 1.807) is 0 Å². The molecule has 1 fully saturated rings. The Morgan fingerprint density at radius 2 is 1.68 bits per heavy atom. The van der Waals surface area contributed by atoms with Gasteiger partial charge in [0, 0.05) is 11.5 Å². The number of Topliss-reactive ketones (excluding diaryl/α,β-unsaturated/α-hetero) is 1. The molecule has 0 aromatic heterocycles. The predicted octanol–water partition coefficient (Wildman–Crippen LogP) is 4.82. The minimum Gasteiger partial charge on any atom is -0.294 e. The van der Waals surface area contributed by atoms with Gasteiger partial charge >= 0.3 is 0 Å². The van der Waals surface area contributed by atoms with Crippen LogP contribution in [0.1, 0.15) is 67.9 Å². The molecular weight excluding hydrogens is 232 g/mol. The highest BCUT2D eigenvalue weighted by Crippen LogP contribution is 2.31. The average molecular weight is 258 g/mol. The fourth-order valence-corrected chi connectivity index (χ4v) is 3.21. The molecule has 19 heavy (non-hydrogen) atoms. The number of carbonyl (C=O) groups is 1. The number of rotatable bonds is 4. The zero-order valence-corrected chi connectivity index (χ0v) is 12.5. The van der Waals surface area contributed by atoms with Crippen LogP contribution in [0.2, 0.25) is 0 Å². The standard InChI is InChI=1S/C18H26O/c1-4-14-10-11-17(12-15(14)5-2)18(19)16-8-6-13(3)7-9-16/h10-13,16H,4-9H2,1-3H3. The fraction of sp³-hybridized carbons (Fsp3) is 0.611. The Morgan fingerprint density at radius 1 is 1.05 bits per heavy atom. The maximum Gasteiger partial charge on any atom is 0.165 e. The van der Waals surface area contributed by atoms with Gasteiger partial charge in [0.1, 0.15) is 0 Å². The summed E-state index contributed by atoms with van der Waals surface area (Å²) in [4.78, 5) is 12.6. The maximum atomic E-state index is 12.6. The van der Waals surface area contributed by atoms with Crippen LogP contribution in [-0.4, -0.2) is 5.78 Å². The second-order valence-corrected chi connectivity index (χ2v) is 6.01. The van der Waals surface area contributed by atoms with E-state index in [0.29, 0.717) is 5.78 Å². The Labute approximate surface area is 117 Å². The molecule has 0 unspecified atom stereocenters. The molecule has 0 spiro atoms. The molecule has 1 saturated carbocycles. The minimum absolute atomic E-state index is 0.272. The zero-order chi connectivity index (χ0) is 13.8. The van der Waals surface area contributed by atoms with E-state index in [4.69, 9.17) is 0 Å². The van der Waals surface area contributed by atoms with E-state index in [2.05, 4.69) is 32.9 Å². The molecule has 0 N–H and O–H groups in total. The van der Waals surface area contributed by atoms with Crippen LogP contribution in [-0.2, 0) is 12.8 Å². The number of aryl methyl sites for hydroxylation is 2. The van der Waals surface area contributed by atoms with Gasteiger partial charge in [0.2, 0.25) is 0 Å². The van der Waals surface area contributed by atoms with Gasteiger partial charge in [0.25, 0.3) is 0 Å². The lowest BCUT2D eigenvalue weighted by Crippen LogP contribution is -2.21. The quantitative estimate of drug-likeness (QED) is 0.708. The summed E-state index contributed by atoms with van der Waals surface area (Å²) >= 11 is 0. The molecule has 0 heterocycles. The molecule has 1 aliphatic carbocycles. The summed E-state index contributed by atoms with van der Waals surface area (Å²) in [7, 11) is 0. The molecule has 0 atom stereocenters. The van der Waals surface area contributed by atoms with Crippen molar-refractivity contribution in [3.63, 3.8) is 0 Å². The molecule has 0 aliphatic heterocycles. The fourth-order valence-electron chi connectivity index (χ4n) is 3.21. The van der Waals surface area contributed by atoms with Crippen LogP contribution in [0.3, 0.4) is 0 Å². The lowest BCUT2D eigenvalue weighted by molar-refractivity contribution is 0.0875. The van der Waals surface area contributed by atoms with E-state index in [1.807, 2.05) is 6.07 Å². The zero-order valence-electron chi connectivity index (χ0n) is 12.5. The number of carbonyl (C=O) groups excluding carboxylic acids is 1. The summed E-state index contributed by atoms with van der Waals surface area (Å²) in [6.07, 6.45) is 6.66. The van der Waals surface area contributed by atoms with Crippen LogP contribution in [0.15, 0.2) is 18.2 Å². The van der Waals surface area contributed by atoms with Crippen LogP contribution in [0.4, 0.5) is 0 Å². The second-order valence-electron chi connectivity index (χ2n) is 6.01. The Kier molecular flexibility index (Phi) is 4.79. The van der Waals surface area contributed by atoms with Crippen molar-refractivity contribution in [2.45, 2.75) is 59.3 Å². The van der Waals surface area contributed by atoms with Crippen LogP contribution >= 0.6 is 0 Å². The average Bonchev–Trinajstić information content (AvgIpc) is 2.46. The van der Waals surface area contributed by atoms with Gasteiger partial charge in [-0.3, -0.25) is 4.79 Å². The van der Waals surface area contributed by atoms with Gasteiger partial charge in [-0.05, 0) is 48.8 Å². The molecule has 1 nitrogen and oxygen atoms in total. The van der Waals surface area contributed by atoms with Gasteiger partial charge in [-0.1, -0.05) is 45.7 Å². The molecule has 2 rings (SSSR count). The largest absolute Gasteiger partial charge is 0.294 e. The smallest absolute Gasteiger partial charge is 0.165 e. The highest BCUT2D eigenvalue weighted by Gasteiger charge is 2.25. The number of hydrogen-bond donors (Lipinski definition) is 0. The monoisotopic (exact) mass is 258 g/mol. The normalized spacial score (nSPS) is 23.3. The van der Waals surface area contributed by atoms with E-state index < -0.39 is 0 Å². The first-order valence-corrected chi connectivity index (χ1v) is 7.81. The summed E-state index contributed by atoms with van der Waals surface area (Å²) in [5, 5.41) is 0. The first-order chi connectivity index (χ1) is 9.15. The van der Waals surface area contributed by atoms with Crippen molar-refractivity contribution >= 4 is 5.78 Å².